The van der Waals surface area contributed by atoms with Crippen LogP contribution in [0.1, 0.15) is 80.5 Å². The summed E-state index contributed by atoms with van der Waals surface area (Å²) >= 11 is 0. The molecular weight excluding hydrogens is 887 g/mol. The molecule has 15 rings (SSSR count). The van der Waals surface area contributed by atoms with Crippen molar-refractivity contribution in [1.82, 2.24) is 0 Å². The summed E-state index contributed by atoms with van der Waals surface area (Å²) in [7, 11) is 0. The van der Waals surface area contributed by atoms with Gasteiger partial charge in [-0.15, -0.1) is 0 Å². The second-order valence-corrected chi connectivity index (χ2v) is 22.5. The number of para-hydroxylation sites is 3. The van der Waals surface area contributed by atoms with Crippen LogP contribution in [-0.4, -0.2) is 0 Å². The van der Waals surface area contributed by atoms with Gasteiger partial charge < -0.3 is 13.7 Å². The van der Waals surface area contributed by atoms with Gasteiger partial charge in [-0.25, -0.2) is 0 Å². The number of hydrogen-bond donors (Lipinski definition) is 0. The lowest BCUT2D eigenvalue weighted by atomic mass is 9.79. The summed E-state index contributed by atoms with van der Waals surface area (Å²) in [6.45, 7) is 16.6. The lowest BCUT2D eigenvalue weighted by Gasteiger charge is -2.31. The zero-order valence-corrected chi connectivity index (χ0v) is 42.2. The molecule has 0 bridgehead atoms. The highest BCUT2D eigenvalue weighted by molar-refractivity contribution is 6.19. The Hall–Kier alpha value is -8.40. The highest BCUT2D eigenvalue weighted by Crippen LogP contribution is 2.60. The first-order valence-corrected chi connectivity index (χ1v) is 25.8. The van der Waals surface area contributed by atoms with Gasteiger partial charge in [-0.2, -0.15) is 0 Å². The highest BCUT2D eigenvalue weighted by atomic mass is 16.3. The molecule has 0 amide bonds. The molecule has 10 aromatic carbocycles. The van der Waals surface area contributed by atoms with E-state index in [2.05, 4.69) is 247 Å². The van der Waals surface area contributed by atoms with Crippen LogP contribution in [0, 0.1) is 6.92 Å². The van der Waals surface area contributed by atoms with E-state index in [0.717, 1.165) is 50.3 Å². The predicted octanol–water partition coefficient (Wildman–Crippen LogP) is 19.5. The first kappa shape index (κ1) is 42.3. The van der Waals surface area contributed by atoms with Crippen LogP contribution < -0.4 is 4.90 Å². The topological polar surface area (TPSA) is 29.5 Å². The molecule has 350 valence electrons. The number of nitrogens with zero attached hydrogens (tertiary/aromatic N) is 1. The second kappa shape index (κ2) is 14.6. The van der Waals surface area contributed by atoms with Crippen LogP contribution in [0.4, 0.5) is 17.1 Å². The molecule has 3 nitrogen and oxygen atoms in total. The molecule has 0 saturated heterocycles. The summed E-state index contributed by atoms with van der Waals surface area (Å²) in [4.78, 5) is 2.52. The van der Waals surface area contributed by atoms with Crippen molar-refractivity contribution < 1.29 is 8.83 Å². The van der Waals surface area contributed by atoms with Crippen LogP contribution in [-0.2, 0) is 16.2 Å². The van der Waals surface area contributed by atoms with Gasteiger partial charge in [0, 0.05) is 60.3 Å². The average Bonchev–Trinajstić information content (AvgIpc) is 4.16. The Kier molecular flexibility index (Phi) is 8.47. The molecule has 3 aliphatic carbocycles. The number of benzene rings is 10. The van der Waals surface area contributed by atoms with E-state index in [1.54, 1.807) is 0 Å². The van der Waals surface area contributed by atoms with Crippen molar-refractivity contribution in [3.63, 3.8) is 0 Å². The molecule has 0 aliphatic heterocycles. The van der Waals surface area contributed by atoms with E-state index >= 15 is 0 Å². The van der Waals surface area contributed by atoms with Crippen LogP contribution in [0.25, 0.3) is 99.5 Å². The monoisotopic (exact) mass is 939 g/mol. The fourth-order valence-electron chi connectivity index (χ4n) is 13.6. The van der Waals surface area contributed by atoms with Gasteiger partial charge in [-0.1, -0.05) is 174 Å². The number of aryl methyl sites for hydroxylation is 1. The van der Waals surface area contributed by atoms with Crippen LogP contribution in [0.2, 0.25) is 0 Å². The molecule has 0 radical (unpaired) electrons. The van der Waals surface area contributed by atoms with Gasteiger partial charge >= 0.3 is 0 Å². The van der Waals surface area contributed by atoms with E-state index in [0.29, 0.717) is 0 Å². The van der Waals surface area contributed by atoms with E-state index in [1.807, 2.05) is 0 Å². The summed E-state index contributed by atoms with van der Waals surface area (Å²) in [6.07, 6.45) is 0. The van der Waals surface area contributed by atoms with E-state index in [1.165, 1.54) is 105 Å². The van der Waals surface area contributed by atoms with Crippen molar-refractivity contribution in [1.29, 1.82) is 0 Å². The summed E-state index contributed by atoms with van der Waals surface area (Å²) in [5, 5.41) is 4.74. The lowest BCUT2D eigenvalue weighted by molar-refractivity contribution is 0.651. The first-order chi connectivity index (χ1) is 35.4. The van der Waals surface area contributed by atoms with Crippen LogP contribution >= 0.6 is 0 Å². The summed E-state index contributed by atoms with van der Waals surface area (Å²) in [5.41, 5.74) is 28.1. The van der Waals surface area contributed by atoms with Crippen molar-refractivity contribution in [2.75, 3.05) is 4.90 Å². The Morgan fingerprint density at radius 1 is 0.342 bits per heavy atom. The normalized spacial score (nSPS) is 15.1. The third-order valence-corrected chi connectivity index (χ3v) is 17.3. The Labute approximate surface area is 426 Å². The Morgan fingerprint density at radius 2 is 0.904 bits per heavy atom. The van der Waals surface area contributed by atoms with Crippen LogP contribution in [0.3, 0.4) is 0 Å². The quantitative estimate of drug-likeness (QED) is 0.172. The summed E-state index contributed by atoms with van der Waals surface area (Å²) in [6, 6.07) is 72.1. The number of anilines is 3. The number of furan rings is 2. The SMILES string of the molecule is Cc1cccc(-c2cc3c(c4c2oc2ccccc24)-c2ccc(N(c4ccc5c(c4)C(C)(C)c4cc6c(cc4-5)C(C)(C)c4ccc5oc7ccccc7c5c4-6)c4ccccc4-c4ccccc4)cc2C3(C)C)c1. The Morgan fingerprint density at radius 3 is 1.67 bits per heavy atom. The van der Waals surface area contributed by atoms with Crippen molar-refractivity contribution in [3.05, 3.63) is 233 Å². The number of rotatable bonds is 5. The van der Waals surface area contributed by atoms with Crippen LogP contribution in [0.5, 0.6) is 0 Å². The third kappa shape index (κ3) is 5.71. The lowest BCUT2D eigenvalue weighted by Crippen LogP contribution is -2.18. The molecule has 2 heterocycles. The average molecular weight is 940 g/mol. The molecule has 3 heteroatoms. The molecule has 0 spiro atoms. The predicted molar refractivity (Wildman–Crippen MR) is 304 cm³/mol. The second-order valence-electron chi connectivity index (χ2n) is 22.5. The van der Waals surface area contributed by atoms with Gasteiger partial charge in [0.05, 0.1) is 5.69 Å². The smallest absolute Gasteiger partial charge is 0.143 e. The maximum atomic E-state index is 6.86. The molecule has 0 fully saturated rings. The van der Waals surface area contributed by atoms with Gasteiger partial charge in [-0.3, -0.25) is 0 Å². The van der Waals surface area contributed by atoms with Gasteiger partial charge in [0.1, 0.15) is 22.3 Å². The molecule has 73 heavy (non-hydrogen) atoms. The summed E-state index contributed by atoms with van der Waals surface area (Å²) < 4.78 is 13.3. The van der Waals surface area contributed by atoms with E-state index < -0.39 is 0 Å². The molecule has 0 N–H and O–H groups in total. The Balaban J connectivity index is 0.923. The molecular formula is C70H53NO2. The molecule has 0 atom stereocenters. The fraction of sp³-hybridized carbons (Fsp3) is 0.143. The zero-order chi connectivity index (χ0) is 49.3. The maximum absolute atomic E-state index is 6.86. The number of hydrogen-bond acceptors (Lipinski definition) is 3. The zero-order valence-electron chi connectivity index (χ0n) is 42.2. The van der Waals surface area contributed by atoms with Crippen molar-refractivity contribution >= 4 is 60.9 Å². The standard InChI is InChI=1S/C70H53NO2/c1-40-18-17-21-42(34-40)50-37-58-63(66-49-24-13-16-27-61(49)73-67(50)66)47-31-29-44(36-55(47)70(58,6)7)71(59-25-14-11-22-45(59)41-19-9-8-10-20-41)43-28-30-46-51-38-57-52(39-56(51)69(4,5)54(46)35-43)64-53(68(57,2)3)32-33-62-65(64)48-23-12-15-26-60(48)72-62/h8-39H,1-7H3. The molecule has 12 aromatic rings. The van der Waals surface area contributed by atoms with Crippen molar-refractivity contribution in [2.45, 2.75) is 64.7 Å². The molecule has 2 aromatic heterocycles. The minimum Gasteiger partial charge on any atom is -0.456 e. The van der Waals surface area contributed by atoms with Gasteiger partial charge in [0.25, 0.3) is 0 Å². The van der Waals surface area contributed by atoms with Gasteiger partial charge in [-0.05, 0) is 152 Å². The summed E-state index contributed by atoms with van der Waals surface area (Å²) in [5.74, 6) is 0. The molecule has 0 saturated carbocycles. The molecule has 3 aliphatic rings. The first-order valence-electron chi connectivity index (χ1n) is 25.8. The van der Waals surface area contributed by atoms with E-state index in [-0.39, 0.29) is 16.2 Å². The van der Waals surface area contributed by atoms with E-state index in [4.69, 9.17) is 8.83 Å². The highest BCUT2D eigenvalue weighted by Gasteiger charge is 2.44. The van der Waals surface area contributed by atoms with Gasteiger partial charge in [0.2, 0.25) is 0 Å². The van der Waals surface area contributed by atoms with Gasteiger partial charge in [0.15, 0.2) is 0 Å². The minimum absolute atomic E-state index is 0.184. The van der Waals surface area contributed by atoms with Crippen molar-refractivity contribution in [3.8, 4) is 55.6 Å². The third-order valence-electron chi connectivity index (χ3n) is 17.3. The largest absolute Gasteiger partial charge is 0.456 e. The number of fused-ring (bicyclic) bond motifs is 17. The molecule has 0 unspecified atom stereocenters. The van der Waals surface area contributed by atoms with Crippen molar-refractivity contribution in [2.24, 2.45) is 0 Å². The fourth-order valence-corrected chi connectivity index (χ4v) is 13.6. The van der Waals surface area contributed by atoms with E-state index in [9.17, 15) is 0 Å². The Bertz CT molecular complexity index is 4370. The maximum Gasteiger partial charge on any atom is 0.143 e. The van der Waals surface area contributed by atoms with Crippen LogP contribution in [0.15, 0.2) is 203 Å². The minimum atomic E-state index is -0.320.